The molecule has 0 saturated heterocycles. The number of rotatable bonds is 5. The molecule has 0 spiro atoms. The van der Waals surface area contributed by atoms with Crippen molar-refractivity contribution in [2.45, 2.75) is 0 Å². The van der Waals surface area contributed by atoms with Crippen LogP contribution in [-0.4, -0.2) is 49.3 Å². The van der Waals surface area contributed by atoms with E-state index < -0.39 is 11.9 Å². The van der Waals surface area contributed by atoms with Crippen molar-refractivity contribution in [2.24, 2.45) is 0 Å². The maximum absolute atomic E-state index is 10.1. The van der Waals surface area contributed by atoms with Crippen LogP contribution < -0.4 is 10.2 Å². The summed E-state index contributed by atoms with van der Waals surface area (Å²) in [5.41, 5.74) is 5.78. The van der Waals surface area contributed by atoms with E-state index in [0.717, 1.165) is 41.0 Å². The number of phenolic OH excluding ortho intramolecular Hbond substituents is 2. The van der Waals surface area contributed by atoms with E-state index in [9.17, 15) is 19.8 Å². The number of carboxylic acids is 2. The standard InChI is InChI=1S/C21H15N3.2C7H6O3.CH4O.Zn/c1-2-8-16(9-3-1)17-14-20(18-10-4-6-12-22-18)24-21(15-17)19-11-5-7-13-23-19;2*8-6-3-1-5(2-4-6)7(9)10;1-2;/h1-15H;2*1-4,8H,(H,9,10);2H,1H3;/q;;;;+2/p-2. The number of carbonyl (C=O) groups excluding carboxylic acids is 2. The van der Waals surface area contributed by atoms with Crippen LogP contribution in [-0.2, 0) is 19.5 Å². The van der Waals surface area contributed by atoms with Gasteiger partial charge in [0.25, 0.3) is 0 Å². The van der Waals surface area contributed by atoms with E-state index in [-0.39, 0.29) is 42.1 Å². The molecule has 6 aromatic rings. The number of carboxylic acid groups (broad SMARTS) is 2. The number of carbonyl (C=O) groups is 2. The zero-order chi connectivity index (χ0) is 33.3. The van der Waals surface area contributed by atoms with E-state index in [1.807, 2.05) is 54.6 Å². The van der Waals surface area contributed by atoms with Crippen LogP contribution in [0.4, 0.5) is 0 Å². The number of hydrogen-bond acceptors (Lipinski definition) is 10. The van der Waals surface area contributed by atoms with Crippen molar-refractivity contribution in [3.63, 3.8) is 0 Å². The minimum Gasteiger partial charge on any atom is -0.545 e. The Balaban J connectivity index is 0.000000278. The largest absolute Gasteiger partial charge is 2.00 e. The second kappa shape index (κ2) is 19.6. The van der Waals surface area contributed by atoms with Crippen LogP contribution >= 0.6 is 0 Å². The normalized spacial score (nSPS) is 9.40. The number of pyridine rings is 3. The first-order chi connectivity index (χ1) is 22.3. The van der Waals surface area contributed by atoms with Crippen LogP contribution in [0.2, 0.25) is 0 Å². The number of aliphatic hydroxyl groups is 1. The summed E-state index contributed by atoms with van der Waals surface area (Å²) in [6, 6.07) is 36.5. The monoisotopic (exact) mass is 679 g/mol. The van der Waals surface area contributed by atoms with Gasteiger partial charge in [0.2, 0.25) is 0 Å². The van der Waals surface area contributed by atoms with Crippen LogP contribution in [0.1, 0.15) is 20.7 Å². The molecular weight excluding hydrogens is 652 g/mol. The molecule has 0 unspecified atom stereocenters. The van der Waals surface area contributed by atoms with Crippen molar-refractivity contribution in [1.29, 1.82) is 0 Å². The summed E-state index contributed by atoms with van der Waals surface area (Å²) in [4.78, 5) is 33.9. The fourth-order valence-corrected chi connectivity index (χ4v) is 3.81. The zero-order valence-corrected chi connectivity index (χ0v) is 28.3. The molecular formula is C36H29N3O7Zn. The minimum atomic E-state index is -1.24. The molecule has 0 aliphatic heterocycles. The molecule has 0 aliphatic rings. The van der Waals surface area contributed by atoms with Gasteiger partial charge >= 0.3 is 19.5 Å². The van der Waals surface area contributed by atoms with Gasteiger partial charge in [0.05, 0.1) is 34.7 Å². The summed E-state index contributed by atoms with van der Waals surface area (Å²) in [5, 5.41) is 44.7. The molecule has 0 atom stereocenters. The van der Waals surface area contributed by atoms with Gasteiger partial charge in [-0.1, -0.05) is 42.5 Å². The summed E-state index contributed by atoms with van der Waals surface area (Å²) < 4.78 is 0. The average Bonchev–Trinajstić information content (AvgIpc) is 3.11. The molecule has 0 amide bonds. The molecule has 3 N–H and O–H groups in total. The summed E-state index contributed by atoms with van der Waals surface area (Å²) in [6.45, 7) is 0. The van der Waals surface area contributed by atoms with E-state index in [1.54, 1.807) is 12.4 Å². The number of benzene rings is 3. The number of aromatic carboxylic acids is 2. The smallest absolute Gasteiger partial charge is 0.545 e. The third kappa shape index (κ3) is 11.9. The molecule has 11 heteroatoms. The van der Waals surface area contributed by atoms with Crippen molar-refractivity contribution in [1.82, 2.24) is 15.0 Å². The summed E-state index contributed by atoms with van der Waals surface area (Å²) in [7, 11) is 1.00. The Morgan fingerprint density at radius 2 is 0.894 bits per heavy atom. The average molecular weight is 681 g/mol. The van der Waals surface area contributed by atoms with Crippen LogP contribution in [0.15, 0.2) is 140 Å². The Bertz CT molecular complexity index is 1610. The van der Waals surface area contributed by atoms with Crippen molar-refractivity contribution < 1.29 is 54.6 Å². The predicted molar refractivity (Wildman–Crippen MR) is 169 cm³/mol. The molecule has 0 saturated carbocycles. The van der Waals surface area contributed by atoms with Crippen molar-refractivity contribution in [2.75, 3.05) is 7.11 Å². The molecule has 3 aromatic carbocycles. The first kappa shape index (κ1) is 37.4. The molecule has 6 rings (SSSR count). The minimum absolute atomic E-state index is 0. The van der Waals surface area contributed by atoms with Gasteiger partial charge in [0.1, 0.15) is 11.5 Å². The third-order valence-electron chi connectivity index (χ3n) is 5.99. The quantitative estimate of drug-likeness (QED) is 0.225. The van der Waals surface area contributed by atoms with Crippen molar-refractivity contribution >= 4 is 11.9 Å². The maximum atomic E-state index is 10.1. The fraction of sp³-hybridized carbons (Fsp3) is 0.0278. The number of aliphatic hydroxyl groups excluding tert-OH is 1. The second-order valence-electron chi connectivity index (χ2n) is 9.09. The molecule has 10 nitrogen and oxygen atoms in total. The second-order valence-corrected chi connectivity index (χ2v) is 9.09. The molecule has 232 valence electrons. The molecule has 0 bridgehead atoms. The zero-order valence-electron chi connectivity index (χ0n) is 25.3. The van der Waals surface area contributed by atoms with E-state index >= 15 is 0 Å². The number of nitrogens with zero attached hydrogens (tertiary/aromatic N) is 3. The molecule has 0 radical (unpaired) electrons. The van der Waals surface area contributed by atoms with E-state index in [0.29, 0.717) is 0 Å². The van der Waals surface area contributed by atoms with E-state index in [2.05, 4.69) is 34.2 Å². The van der Waals surface area contributed by atoms with Crippen LogP contribution in [0.5, 0.6) is 11.5 Å². The summed E-state index contributed by atoms with van der Waals surface area (Å²) in [6.07, 6.45) is 3.57. The molecule has 0 fully saturated rings. The number of hydrogen-bond donors (Lipinski definition) is 3. The van der Waals surface area contributed by atoms with Gasteiger partial charge < -0.3 is 35.1 Å². The molecule has 3 aromatic heterocycles. The molecule has 0 aliphatic carbocycles. The Kier molecular flexibility index (Phi) is 15.6. The van der Waals surface area contributed by atoms with Gasteiger partial charge in [-0.15, -0.1) is 0 Å². The number of phenols is 2. The predicted octanol–water partition coefficient (Wildman–Crippen LogP) is 3.99. The first-order valence-corrected chi connectivity index (χ1v) is 13.7. The SMILES string of the molecule is CO.O=C([O-])c1ccc(O)cc1.O=C([O-])c1ccc(O)cc1.[Zn+2].c1ccc(-c2cc(-c3ccccn3)nc(-c3ccccn3)c2)cc1. The van der Waals surface area contributed by atoms with Crippen molar-refractivity contribution in [3.8, 4) is 45.4 Å². The van der Waals surface area contributed by atoms with Gasteiger partial charge in [-0.2, -0.15) is 0 Å². The molecule has 47 heavy (non-hydrogen) atoms. The summed E-state index contributed by atoms with van der Waals surface area (Å²) in [5.74, 6) is -2.38. The van der Waals surface area contributed by atoms with Gasteiger partial charge in [0, 0.05) is 19.5 Å². The van der Waals surface area contributed by atoms with Crippen molar-refractivity contribution in [3.05, 3.63) is 151 Å². The van der Waals surface area contributed by atoms with E-state index in [4.69, 9.17) is 20.3 Å². The summed E-state index contributed by atoms with van der Waals surface area (Å²) >= 11 is 0. The van der Waals surface area contributed by atoms with Gasteiger partial charge in [-0.05, 0) is 107 Å². The van der Waals surface area contributed by atoms with Crippen LogP contribution in [0, 0.1) is 0 Å². The Labute approximate surface area is 284 Å². The topological polar surface area (TPSA) is 180 Å². The number of aromatic hydroxyl groups is 2. The van der Waals surface area contributed by atoms with Crippen LogP contribution in [0.3, 0.4) is 0 Å². The Morgan fingerprint density at radius 1 is 0.511 bits per heavy atom. The maximum Gasteiger partial charge on any atom is 2.00 e. The van der Waals surface area contributed by atoms with Gasteiger partial charge in [0.15, 0.2) is 0 Å². The number of aromatic nitrogens is 3. The van der Waals surface area contributed by atoms with Gasteiger partial charge in [-0.25, -0.2) is 4.98 Å². The Hall–Kier alpha value is -5.77. The third-order valence-corrected chi connectivity index (χ3v) is 5.99. The van der Waals surface area contributed by atoms with E-state index in [1.165, 1.54) is 48.5 Å². The Morgan fingerprint density at radius 3 is 1.23 bits per heavy atom. The molecule has 3 heterocycles. The first-order valence-electron chi connectivity index (χ1n) is 13.7. The van der Waals surface area contributed by atoms with Crippen LogP contribution in [0.25, 0.3) is 33.9 Å². The van der Waals surface area contributed by atoms with Gasteiger partial charge in [-0.3, -0.25) is 9.97 Å². The fourth-order valence-electron chi connectivity index (χ4n) is 3.81.